The lowest BCUT2D eigenvalue weighted by atomic mass is 10.0. The number of nitrogens with zero attached hydrogens (tertiary/aromatic N) is 1. The fourth-order valence-electron chi connectivity index (χ4n) is 3.29. The quantitative estimate of drug-likeness (QED) is 0.890. The first kappa shape index (κ1) is 18.7. The Hall–Kier alpha value is -2.09. The number of ether oxygens (including phenoxy) is 1. The van der Waals surface area contributed by atoms with Crippen molar-refractivity contribution in [3.63, 3.8) is 0 Å². The molecule has 1 aromatic carbocycles. The van der Waals surface area contributed by atoms with E-state index in [-0.39, 0.29) is 29.5 Å². The van der Waals surface area contributed by atoms with Crippen molar-refractivity contribution in [2.45, 2.75) is 44.0 Å². The van der Waals surface area contributed by atoms with Crippen molar-refractivity contribution in [1.82, 2.24) is 10.2 Å². The number of likely N-dealkylation sites (tertiary alicyclic amines) is 1. The van der Waals surface area contributed by atoms with E-state index < -0.39 is 11.7 Å². The molecule has 0 aromatic heterocycles. The molecule has 2 fully saturated rings. The zero-order valence-corrected chi connectivity index (χ0v) is 14.2. The second kappa shape index (κ2) is 7.65. The lowest BCUT2D eigenvalue weighted by Crippen LogP contribution is -2.48. The fraction of sp³-hybridized carbons (Fsp3) is 0.556. The highest BCUT2D eigenvalue weighted by Gasteiger charge is 2.31. The molecule has 1 aromatic rings. The van der Waals surface area contributed by atoms with Crippen LogP contribution in [0.2, 0.25) is 0 Å². The van der Waals surface area contributed by atoms with Crippen molar-refractivity contribution in [2.24, 2.45) is 0 Å². The first-order valence-electron chi connectivity index (χ1n) is 8.73. The van der Waals surface area contributed by atoms with Gasteiger partial charge in [-0.2, -0.15) is 13.2 Å². The number of halogens is 3. The molecule has 2 saturated heterocycles. The number of piperidine rings is 1. The monoisotopic (exact) mass is 370 g/mol. The lowest BCUT2D eigenvalue weighted by Gasteiger charge is -2.33. The van der Waals surface area contributed by atoms with Gasteiger partial charge in [0.05, 0.1) is 5.56 Å². The number of amides is 2. The molecule has 1 atom stereocenters. The van der Waals surface area contributed by atoms with E-state index in [0.29, 0.717) is 32.5 Å². The van der Waals surface area contributed by atoms with Crippen LogP contribution < -0.4 is 5.32 Å². The van der Waals surface area contributed by atoms with Gasteiger partial charge in [0.15, 0.2) is 0 Å². The Bertz CT molecular complexity index is 647. The Morgan fingerprint density at radius 1 is 1.08 bits per heavy atom. The van der Waals surface area contributed by atoms with E-state index in [4.69, 9.17) is 4.74 Å². The summed E-state index contributed by atoms with van der Waals surface area (Å²) in [6.45, 7) is 1.52. The Morgan fingerprint density at radius 2 is 1.73 bits per heavy atom. The third-order valence-electron chi connectivity index (χ3n) is 4.81. The van der Waals surface area contributed by atoms with E-state index in [0.717, 1.165) is 25.0 Å². The van der Waals surface area contributed by atoms with Crippen molar-refractivity contribution in [1.29, 1.82) is 0 Å². The first-order chi connectivity index (χ1) is 12.3. The van der Waals surface area contributed by atoms with Gasteiger partial charge in [0.25, 0.3) is 5.91 Å². The van der Waals surface area contributed by atoms with Crippen LogP contribution in [0, 0.1) is 0 Å². The molecule has 1 unspecified atom stereocenters. The minimum absolute atomic E-state index is 0.0108. The largest absolute Gasteiger partial charge is 0.416 e. The highest BCUT2D eigenvalue weighted by Crippen LogP contribution is 2.29. The van der Waals surface area contributed by atoms with Gasteiger partial charge in [0.1, 0.15) is 6.10 Å². The van der Waals surface area contributed by atoms with Crippen LogP contribution in [0.4, 0.5) is 13.2 Å². The van der Waals surface area contributed by atoms with Gasteiger partial charge >= 0.3 is 6.18 Å². The summed E-state index contributed by atoms with van der Waals surface area (Å²) in [5.74, 6) is -0.391. The van der Waals surface area contributed by atoms with Crippen molar-refractivity contribution in [3.8, 4) is 0 Å². The molecule has 0 bridgehead atoms. The zero-order valence-electron chi connectivity index (χ0n) is 14.2. The number of carbonyl (C=O) groups is 2. The molecular formula is C18H21F3N2O3. The van der Waals surface area contributed by atoms with Crippen molar-refractivity contribution in [3.05, 3.63) is 35.4 Å². The summed E-state index contributed by atoms with van der Waals surface area (Å²) in [6.07, 6.45) is -1.94. The van der Waals surface area contributed by atoms with Crippen LogP contribution >= 0.6 is 0 Å². The number of alkyl halides is 3. The standard InChI is InChI=1S/C18H21F3N2O3/c19-18(20,21)13-5-3-12(4-6-13)17(25)23-9-7-14(8-10-23)22-16(24)15-2-1-11-26-15/h3-6,14-15H,1-2,7-11H2,(H,22,24). The molecule has 5 nitrogen and oxygen atoms in total. The third kappa shape index (κ3) is 4.35. The van der Waals surface area contributed by atoms with Gasteiger partial charge in [-0.05, 0) is 49.9 Å². The number of carbonyl (C=O) groups excluding carboxylic acids is 2. The van der Waals surface area contributed by atoms with Gasteiger partial charge < -0.3 is 15.0 Å². The van der Waals surface area contributed by atoms with E-state index in [1.165, 1.54) is 12.1 Å². The van der Waals surface area contributed by atoms with Crippen LogP contribution in [0.1, 0.15) is 41.6 Å². The molecule has 2 amide bonds. The predicted octanol–water partition coefficient (Wildman–Crippen LogP) is 2.61. The number of hydrogen-bond acceptors (Lipinski definition) is 3. The molecule has 1 N–H and O–H groups in total. The van der Waals surface area contributed by atoms with Gasteiger partial charge in [-0.1, -0.05) is 0 Å². The summed E-state index contributed by atoms with van der Waals surface area (Å²) in [5.41, 5.74) is -0.538. The van der Waals surface area contributed by atoms with Gasteiger partial charge in [-0.3, -0.25) is 9.59 Å². The average molecular weight is 370 g/mol. The smallest absolute Gasteiger partial charge is 0.368 e. The second-order valence-electron chi connectivity index (χ2n) is 6.65. The van der Waals surface area contributed by atoms with Gasteiger partial charge in [-0.25, -0.2) is 0 Å². The summed E-state index contributed by atoms with van der Waals surface area (Å²) >= 11 is 0. The minimum atomic E-state index is -4.42. The molecule has 2 heterocycles. The van der Waals surface area contributed by atoms with Crippen LogP contribution in [-0.2, 0) is 15.7 Å². The molecular weight excluding hydrogens is 349 g/mol. The molecule has 142 valence electrons. The van der Waals surface area contributed by atoms with E-state index >= 15 is 0 Å². The summed E-state index contributed by atoms with van der Waals surface area (Å²) in [7, 11) is 0. The van der Waals surface area contributed by atoms with E-state index in [2.05, 4.69) is 5.32 Å². The maximum absolute atomic E-state index is 12.6. The van der Waals surface area contributed by atoms with Crippen molar-refractivity contribution >= 4 is 11.8 Å². The Kier molecular flexibility index (Phi) is 5.50. The predicted molar refractivity (Wildman–Crippen MR) is 87.5 cm³/mol. The Labute approximate surface area is 149 Å². The summed E-state index contributed by atoms with van der Waals surface area (Å²) < 4.78 is 43.1. The van der Waals surface area contributed by atoms with Crippen LogP contribution in [0.15, 0.2) is 24.3 Å². The molecule has 2 aliphatic heterocycles. The maximum atomic E-state index is 12.6. The molecule has 0 radical (unpaired) electrons. The summed E-state index contributed by atoms with van der Waals surface area (Å²) in [6, 6.07) is 4.24. The van der Waals surface area contributed by atoms with Crippen LogP contribution in [0.5, 0.6) is 0 Å². The summed E-state index contributed by atoms with van der Waals surface area (Å²) in [5, 5.41) is 2.96. The van der Waals surface area contributed by atoms with E-state index in [9.17, 15) is 22.8 Å². The molecule has 0 aliphatic carbocycles. The Balaban J connectivity index is 1.51. The first-order valence-corrected chi connectivity index (χ1v) is 8.73. The third-order valence-corrected chi connectivity index (χ3v) is 4.81. The number of hydrogen-bond donors (Lipinski definition) is 1. The van der Waals surface area contributed by atoms with E-state index in [1.807, 2.05) is 0 Å². The highest BCUT2D eigenvalue weighted by atomic mass is 19.4. The van der Waals surface area contributed by atoms with Crippen molar-refractivity contribution < 1.29 is 27.5 Å². The molecule has 3 rings (SSSR count). The fourth-order valence-corrected chi connectivity index (χ4v) is 3.29. The molecule has 0 spiro atoms. The van der Waals surface area contributed by atoms with Gasteiger partial charge in [0, 0.05) is 31.3 Å². The number of rotatable bonds is 3. The summed E-state index contributed by atoms with van der Waals surface area (Å²) in [4.78, 5) is 26.1. The lowest BCUT2D eigenvalue weighted by molar-refractivity contribution is -0.137. The molecule has 2 aliphatic rings. The molecule has 0 saturated carbocycles. The maximum Gasteiger partial charge on any atom is 0.416 e. The topological polar surface area (TPSA) is 58.6 Å². The normalized spacial score (nSPS) is 21.7. The van der Waals surface area contributed by atoms with Crippen LogP contribution in [0.25, 0.3) is 0 Å². The number of nitrogens with one attached hydrogen (secondary N) is 1. The van der Waals surface area contributed by atoms with Crippen molar-refractivity contribution in [2.75, 3.05) is 19.7 Å². The second-order valence-corrected chi connectivity index (χ2v) is 6.65. The average Bonchev–Trinajstić information content (AvgIpc) is 3.16. The van der Waals surface area contributed by atoms with Crippen LogP contribution in [0.3, 0.4) is 0 Å². The molecule has 26 heavy (non-hydrogen) atoms. The Morgan fingerprint density at radius 3 is 2.27 bits per heavy atom. The van der Waals surface area contributed by atoms with E-state index in [1.54, 1.807) is 4.90 Å². The molecule has 8 heteroatoms. The number of benzene rings is 1. The zero-order chi connectivity index (χ0) is 18.7. The SMILES string of the molecule is O=C(NC1CCN(C(=O)c2ccc(C(F)(F)F)cc2)CC1)C1CCCO1. The minimum Gasteiger partial charge on any atom is -0.368 e. The highest BCUT2D eigenvalue weighted by molar-refractivity contribution is 5.94. The van der Waals surface area contributed by atoms with Gasteiger partial charge in [0.2, 0.25) is 5.91 Å². The van der Waals surface area contributed by atoms with Gasteiger partial charge in [-0.15, -0.1) is 0 Å². The van der Waals surface area contributed by atoms with Crippen LogP contribution in [-0.4, -0.2) is 48.6 Å².